The van der Waals surface area contributed by atoms with Crippen molar-refractivity contribution in [3.8, 4) is 22.8 Å². The van der Waals surface area contributed by atoms with Gasteiger partial charge >= 0.3 is 0 Å². The maximum absolute atomic E-state index is 6.05. The van der Waals surface area contributed by atoms with E-state index in [2.05, 4.69) is 21.4 Å². The monoisotopic (exact) mass is 376 g/mol. The Bertz CT molecular complexity index is 990. The van der Waals surface area contributed by atoms with Crippen LogP contribution < -0.4 is 20.5 Å². The molecule has 1 unspecified atom stereocenters. The Balaban J connectivity index is 1.69. The summed E-state index contributed by atoms with van der Waals surface area (Å²) in [6.07, 6.45) is 3.05. The molecule has 28 heavy (non-hydrogen) atoms. The maximum atomic E-state index is 6.05. The number of aryl methyl sites for hydroxylation is 1. The zero-order chi connectivity index (χ0) is 19.5. The summed E-state index contributed by atoms with van der Waals surface area (Å²) in [5.74, 6) is 1.89. The zero-order valence-corrected chi connectivity index (χ0v) is 16.1. The molecule has 0 radical (unpaired) electrons. The molecule has 1 atom stereocenters. The summed E-state index contributed by atoms with van der Waals surface area (Å²) in [5, 5.41) is 3.63. The van der Waals surface area contributed by atoms with Crippen LogP contribution in [-0.2, 0) is 6.42 Å². The van der Waals surface area contributed by atoms with Crippen LogP contribution >= 0.6 is 0 Å². The van der Waals surface area contributed by atoms with Gasteiger partial charge in [0.1, 0.15) is 11.5 Å². The number of nitrogens with zero attached hydrogens (tertiary/aromatic N) is 2. The van der Waals surface area contributed by atoms with E-state index in [1.165, 1.54) is 5.56 Å². The van der Waals surface area contributed by atoms with Gasteiger partial charge in [-0.05, 0) is 49.1 Å². The molecule has 0 fully saturated rings. The first-order valence-corrected chi connectivity index (χ1v) is 9.38. The van der Waals surface area contributed by atoms with Gasteiger partial charge in [-0.3, -0.25) is 0 Å². The number of rotatable bonds is 4. The van der Waals surface area contributed by atoms with E-state index in [0.717, 1.165) is 53.4 Å². The van der Waals surface area contributed by atoms with Crippen LogP contribution in [0.4, 0.5) is 11.6 Å². The van der Waals surface area contributed by atoms with Gasteiger partial charge in [0.25, 0.3) is 0 Å². The zero-order valence-electron chi connectivity index (χ0n) is 16.1. The number of fused-ring (bicyclic) bond motifs is 1. The highest BCUT2D eigenvalue weighted by molar-refractivity contribution is 5.63. The second kappa shape index (κ2) is 7.76. The molecule has 1 aliphatic rings. The molecule has 144 valence electrons. The largest absolute Gasteiger partial charge is 0.497 e. The van der Waals surface area contributed by atoms with Crippen molar-refractivity contribution in [1.29, 1.82) is 0 Å². The second-order valence-electron chi connectivity index (χ2n) is 6.88. The third kappa shape index (κ3) is 3.71. The Morgan fingerprint density at radius 3 is 2.64 bits per heavy atom. The van der Waals surface area contributed by atoms with E-state index in [-0.39, 0.29) is 12.0 Å². The highest BCUT2D eigenvalue weighted by Gasteiger charge is 2.20. The standard InChI is InChI=1S/C22H24N4O2/c1-27-16-7-3-6-15(11-16)20-13-21(26-22(23)25-20)18-8-4-5-14-9-10-17(28-2)12-19(14)24-18/h3,6-7,9-13,18,24H,4-5,8H2,1-2H3,(H2,23,25,26). The summed E-state index contributed by atoms with van der Waals surface area (Å²) in [6, 6.07) is 16.0. The average Bonchev–Trinajstić information content (AvgIpc) is 2.95. The van der Waals surface area contributed by atoms with Gasteiger partial charge in [0.15, 0.2) is 0 Å². The highest BCUT2D eigenvalue weighted by atomic mass is 16.5. The summed E-state index contributed by atoms with van der Waals surface area (Å²) < 4.78 is 10.7. The predicted molar refractivity (Wildman–Crippen MR) is 111 cm³/mol. The number of nitrogens with two attached hydrogens (primary N) is 1. The number of ether oxygens (including phenoxy) is 2. The topological polar surface area (TPSA) is 82.3 Å². The average molecular weight is 376 g/mol. The Kier molecular flexibility index (Phi) is 5.02. The summed E-state index contributed by atoms with van der Waals surface area (Å²) in [5.41, 5.74) is 11.1. The molecular formula is C22H24N4O2. The molecule has 0 bridgehead atoms. The van der Waals surface area contributed by atoms with Gasteiger partial charge in [-0.2, -0.15) is 0 Å². The van der Waals surface area contributed by atoms with Crippen molar-refractivity contribution in [1.82, 2.24) is 9.97 Å². The van der Waals surface area contributed by atoms with E-state index in [1.54, 1.807) is 14.2 Å². The quantitative estimate of drug-likeness (QED) is 0.709. The molecule has 3 aromatic rings. The number of hydrogen-bond acceptors (Lipinski definition) is 6. The second-order valence-corrected chi connectivity index (χ2v) is 6.88. The minimum atomic E-state index is 0.0583. The lowest BCUT2D eigenvalue weighted by atomic mass is 10.0. The van der Waals surface area contributed by atoms with Crippen LogP contribution in [0.2, 0.25) is 0 Å². The van der Waals surface area contributed by atoms with Crippen molar-refractivity contribution in [2.45, 2.75) is 25.3 Å². The minimum Gasteiger partial charge on any atom is -0.497 e. The molecule has 0 saturated carbocycles. The molecule has 2 aromatic carbocycles. The Labute approximate surface area is 164 Å². The first-order valence-electron chi connectivity index (χ1n) is 9.38. The lowest BCUT2D eigenvalue weighted by Crippen LogP contribution is -2.13. The number of hydrogen-bond donors (Lipinski definition) is 2. The lowest BCUT2D eigenvalue weighted by molar-refractivity contribution is 0.415. The van der Waals surface area contributed by atoms with Crippen LogP contribution in [0.5, 0.6) is 11.5 Å². The smallest absolute Gasteiger partial charge is 0.220 e. The van der Waals surface area contributed by atoms with E-state index in [9.17, 15) is 0 Å². The van der Waals surface area contributed by atoms with E-state index >= 15 is 0 Å². The van der Waals surface area contributed by atoms with E-state index < -0.39 is 0 Å². The number of aromatic nitrogens is 2. The number of anilines is 2. The predicted octanol–water partition coefficient (Wildman–Crippen LogP) is 4.23. The Morgan fingerprint density at radius 2 is 1.82 bits per heavy atom. The van der Waals surface area contributed by atoms with Crippen LogP contribution in [0.1, 0.15) is 30.1 Å². The third-order valence-corrected chi connectivity index (χ3v) is 5.07. The normalized spacial score (nSPS) is 15.9. The van der Waals surface area contributed by atoms with Crippen molar-refractivity contribution in [2.24, 2.45) is 0 Å². The molecule has 2 heterocycles. The van der Waals surface area contributed by atoms with Gasteiger partial charge in [-0.1, -0.05) is 18.2 Å². The number of methoxy groups -OCH3 is 2. The van der Waals surface area contributed by atoms with Gasteiger partial charge in [-0.15, -0.1) is 0 Å². The highest BCUT2D eigenvalue weighted by Crippen LogP contribution is 2.34. The van der Waals surface area contributed by atoms with E-state index in [4.69, 9.17) is 15.2 Å². The lowest BCUT2D eigenvalue weighted by Gasteiger charge is -2.19. The van der Waals surface area contributed by atoms with Gasteiger partial charge in [0.05, 0.1) is 31.6 Å². The van der Waals surface area contributed by atoms with Crippen molar-refractivity contribution in [2.75, 3.05) is 25.3 Å². The molecule has 6 heteroatoms. The molecule has 1 aromatic heterocycles. The molecule has 1 aliphatic heterocycles. The van der Waals surface area contributed by atoms with Gasteiger partial charge < -0.3 is 20.5 Å². The first-order chi connectivity index (χ1) is 13.7. The summed E-state index contributed by atoms with van der Waals surface area (Å²) >= 11 is 0. The molecule has 0 spiro atoms. The fourth-order valence-corrected chi connectivity index (χ4v) is 3.61. The molecule has 4 rings (SSSR count). The van der Waals surface area contributed by atoms with Gasteiger partial charge in [-0.25, -0.2) is 9.97 Å². The van der Waals surface area contributed by atoms with Crippen molar-refractivity contribution >= 4 is 11.6 Å². The van der Waals surface area contributed by atoms with E-state index in [1.807, 2.05) is 42.5 Å². The summed E-state index contributed by atoms with van der Waals surface area (Å²) in [7, 11) is 3.33. The Morgan fingerprint density at radius 1 is 1.00 bits per heavy atom. The fourth-order valence-electron chi connectivity index (χ4n) is 3.61. The van der Waals surface area contributed by atoms with Crippen LogP contribution in [0, 0.1) is 0 Å². The van der Waals surface area contributed by atoms with Crippen molar-refractivity contribution in [3.05, 3.63) is 59.8 Å². The summed E-state index contributed by atoms with van der Waals surface area (Å²) in [6.45, 7) is 0. The molecule has 0 amide bonds. The van der Waals surface area contributed by atoms with Gasteiger partial charge in [0, 0.05) is 17.3 Å². The van der Waals surface area contributed by atoms with Crippen LogP contribution in [0.25, 0.3) is 11.3 Å². The fraction of sp³-hybridized carbons (Fsp3) is 0.273. The molecule has 0 aliphatic carbocycles. The van der Waals surface area contributed by atoms with Crippen LogP contribution in [0.3, 0.4) is 0 Å². The van der Waals surface area contributed by atoms with Crippen molar-refractivity contribution < 1.29 is 9.47 Å². The molecular weight excluding hydrogens is 352 g/mol. The maximum Gasteiger partial charge on any atom is 0.220 e. The van der Waals surface area contributed by atoms with E-state index in [0.29, 0.717) is 0 Å². The molecule has 3 N–H and O–H groups in total. The Hall–Kier alpha value is -3.28. The SMILES string of the molecule is COc1cccc(-c2cc(C3CCCc4ccc(OC)cc4N3)nc(N)n2)c1. The third-order valence-electron chi connectivity index (χ3n) is 5.07. The summed E-state index contributed by atoms with van der Waals surface area (Å²) in [4.78, 5) is 8.96. The number of nitrogens with one attached hydrogen (secondary N) is 1. The number of benzene rings is 2. The van der Waals surface area contributed by atoms with Gasteiger partial charge in [0.2, 0.25) is 5.95 Å². The minimum absolute atomic E-state index is 0.0583. The van der Waals surface area contributed by atoms with Crippen LogP contribution in [0.15, 0.2) is 48.5 Å². The van der Waals surface area contributed by atoms with Crippen molar-refractivity contribution in [3.63, 3.8) is 0 Å². The van der Waals surface area contributed by atoms with Crippen LogP contribution in [-0.4, -0.2) is 24.2 Å². The number of nitrogen functional groups attached to an aromatic ring is 1. The molecule has 0 saturated heterocycles. The molecule has 6 nitrogen and oxygen atoms in total. The first kappa shape index (κ1) is 18.1.